The molecule has 4 rings (SSSR count). The minimum atomic E-state index is -0.00622. The highest BCUT2D eigenvalue weighted by atomic mass is 16.5. The smallest absolute Gasteiger partial charge is 0.228 e. The Labute approximate surface area is 170 Å². The average Bonchev–Trinajstić information content (AvgIpc) is 2.80. The Morgan fingerprint density at radius 2 is 1.76 bits per heavy atom. The maximum Gasteiger partial charge on any atom is 0.228 e. The van der Waals surface area contributed by atoms with E-state index in [0.29, 0.717) is 19.0 Å². The van der Waals surface area contributed by atoms with Crippen molar-refractivity contribution in [2.24, 2.45) is 5.92 Å². The Morgan fingerprint density at radius 3 is 2.45 bits per heavy atom. The van der Waals surface area contributed by atoms with Crippen LogP contribution in [0.5, 0.6) is 5.75 Å². The van der Waals surface area contributed by atoms with Gasteiger partial charge in [0, 0.05) is 45.3 Å². The van der Waals surface area contributed by atoms with E-state index < -0.39 is 0 Å². The molecular formula is C21H27N5O3. The number of anilines is 3. The number of rotatable bonds is 5. The molecule has 0 atom stereocenters. The van der Waals surface area contributed by atoms with Gasteiger partial charge in [-0.25, -0.2) is 0 Å². The molecular weight excluding hydrogens is 370 g/mol. The number of piperazine rings is 1. The molecule has 1 aromatic heterocycles. The van der Waals surface area contributed by atoms with Gasteiger partial charge in [-0.05, 0) is 37.1 Å². The third kappa shape index (κ3) is 4.59. The van der Waals surface area contributed by atoms with Crippen LogP contribution in [0.4, 0.5) is 17.3 Å². The maximum absolute atomic E-state index is 12.3. The number of hydrogen-bond donors (Lipinski definition) is 1. The Balaban J connectivity index is 1.32. The van der Waals surface area contributed by atoms with Crippen molar-refractivity contribution >= 4 is 23.2 Å². The highest BCUT2D eigenvalue weighted by molar-refractivity contribution is 5.91. The first-order valence-electron chi connectivity index (χ1n) is 10.1. The van der Waals surface area contributed by atoms with E-state index in [9.17, 15) is 4.79 Å². The summed E-state index contributed by atoms with van der Waals surface area (Å²) in [6, 6.07) is 11.8. The standard InChI is InChI=1S/C21H27N5O3/c1-28-18-5-3-2-4-17(18)25-10-12-26(13-11-25)20-7-6-19(23-24-20)22-21(27)16-8-14-29-15-9-16/h2-7,16H,8-15H2,1H3,(H,22,23,27). The highest BCUT2D eigenvalue weighted by Crippen LogP contribution is 2.29. The number of carbonyl (C=O) groups is 1. The molecule has 2 aliphatic rings. The van der Waals surface area contributed by atoms with Gasteiger partial charge in [0.2, 0.25) is 5.91 Å². The van der Waals surface area contributed by atoms with Crippen LogP contribution in [0.1, 0.15) is 12.8 Å². The summed E-state index contributed by atoms with van der Waals surface area (Å²) >= 11 is 0. The maximum atomic E-state index is 12.3. The normalized spacial score (nSPS) is 17.8. The second-order valence-corrected chi connectivity index (χ2v) is 7.30. The SMILES string of the molecule is COc1ccccc1N1CCN(c2ccc(NC(=O)C3CCOCC3)nn2)CC1. The predicted octanol–water partition coefficient (Wildman–Crippen LogP) is 2.18. The fraction of sp³-hybridized carbons (Fsp3) is 0.476. The Kier molecular flexibility index (Phi) is 6.09. The minimum absolute atomic E-state index is 0.000715. The number of methoxy groups -OCH3 is 1. The number of para-hydroxylation sites is 2. The Bertz CT molecular complexity index is 815. The first kappa shape index (κ1) is 19.4. The van der Waals surface area contributed by atoms with Crippen molar-refractivity contribution in [2.75, 3.05) is 61.6 Å². The number of nitrogens with zero attached hydrogens (tertiary/aromatic N) is 4. The lowest BCUT2D eigenvalue weighted by molar-refractivity contribution is -0.122. The molecule has 154 valence electrons. The van der Waals surface area contributed by atoms with Crippen LogP contribution in [0.25, 0.3) is 0 Å². The molecule has 0 radical (unpaired) electrons. The molecule has 1 amide bonds. The molecule has 8 nitrogen and oxygen atoms in total. The zero-order valence-electron chi connectivity index (χ0n) is 16.7. The van der Waals surface area contributed by atoms with Gasteiger partial charge >= 0.3 is 0 Å². The topological polar surface area (TPSA) is 79.8 Å². The summed E-state index contributed by atoms with van der Waals surface area (Å²) in [6.45, 7) is 4.74. The number of benzene rings is 1. The van der Waals surface area contributed by atoms with Gasteiger partial charge in [0.15, 0.2) is 11.6 Å². The molecule has 1 aromatic carbocycles. The van der Waals surface area contributed by atoms with E-state index in [4.69, 9.17) is 9.47 Å². The van der Waals surface area contributed by atoms with E-state index in [-0.39, 0.29) is 11.8 Å². The molecule has 0 aliphatic carbocycles. The molecule has 2 aliphatic heterocycles. The van der Waals surface area contributed by atoms with Gasteiger partial charge in [-0.3, -0.25) is 4.79 Å². The number of amides is 1. The van der Waals surface area contributed by atoms with Crippen molar-refractivity contribution in [1.82, 2.24) is 10.2 Å². The lowest BCUT2D eigenvalue weighted by Crippen LogP contribution is -2.47. The molecule has 0 unspecified atom stereocenters. The number of nitrogens with one attached hydrogen (secondary N) is 1. The first-order chi connectivity index (χ1) is 14.2. The van der Waals surface area contributed by atoms with E-state index >= 15 is 0 Å². The number of ether oxygens (including phenoxy) is 2. The van der Waals surface area contributed by atoms with Crippen LogP contribution in [-0.4, -0.2) is 62.6 Å². The Hall–Kier alpha value is -2.87. The molecule has 3 heterocycles. The Morgan fingerprint density at radius 1 is 1.03 bits per heavy atom. The zero-order chi connectivity index (χ0) is 20.1. The van der Waals surface area contributed by atoms with Gasteiger partial charge in [-0.2, -0.15) is 0 Å². The molecule has 0 saturated carbocycles. The quantitative estimate of drug-likeness (QED) is 0.828. The fourth-order valence-corrected chi connectivity index (χ4v) is 3.82. The van der Waals surface area contributed by atoms with E-state index in [1.54, 1.807) is 7.11 Å². The van der Waals surface area contributed by atoms with Crippen LogP contribution in [0.2, 0.25) is 0 Å². The van der Waals surface area contributed by atoms with Crippen molar-refractivity contribution in [2.45, 2.75) is 12.8 Å². The van der Waals surface area contributed by atoms with E-state index in [1.807, 2.05) is 30.3 Å². The second kappa shape index (κ2) is 9.09. The van der Waals surface area contributed by atoms with Crippen LogP contribution in [0.3, 0.4) is 0 Å². The number of carbonyl (C=O) groups excluding carboxylic acids is 1. The lowest BCUT2D eigenvalue weighted by Gasteiger charge is -2.37. The summed E-state index contributed by atoms with van der Waals surface area (Å²) in [5.41, 5.74) is 1.12. The highest BCUT2D eigenvalue weighted by Gasteiger charge is 2.23. The molecule has 2 saturated heterocycles. The van der Waals surface area contributed by atoms with Gasteiger partial charge in [0.1, 0.15) is 5.75 Å². The van der Waals surface area contributed by atoms with Gasteiger partial charge in [-0.15, -0.1) is 10.2 Å². The average molecular weight is 397 g/mol. The molecule has 8 heteroatoms. The van der Waals surface area contributed by atoms with Crippen LogP contribution in [0.15, 0.2) is 36.4 Å². The van der Waals surface area contributed by atoms with Crippen molar-refractivity contribution in [1.29, 1.82) is 0 Å². The molecule has 0 bridgehead atoms. The minimum Gasteiger partial charge on any atom is -0.495 e. The summed E-state index contributed by atoms with van der Waals surface area (Å²) in [5.74, 6) is 2.21. The van der Waals surface area contributed by atoms with E-state index in [1.165, 1.54) is 0 Å². The van der Waals surface area contributed by atoms with Crippen molar-refractivity contribution < 1.29 is 14.3 Å². The zero-order valence-corrected chi connectivity index (χ0v) is 16.7. The van der Waals surface area contributed by atoms with Crippen LogP contribution >= 0.6 is 0 Å². The van der Waals surface area contributed by atoms with E-state index in [0.717, 1.165) is 56.3 Å². The largest absolute Gasteiger partial charge is 0.495 e. The second-order valence-electron chi connectivity index (χ2n) is 7.30. The van der Waals surface area contributed by atoms with Gasteiger partial charge in [-0.1, -0.05) is 12.1 Å². The number of hydrogen-bond acceptors (Lipinski definition) is 7. The lowest BCUT2D eigenvalue weighted by atomic mass is 9.99. The van der Waals surface area contributed by atoms with Gasteiger partial charge < -0.3 is 24.6 Å². The van der Waals surface area contributed by atoms with Crippen LogP contribution in [0, 0.1) is 5.92 Å². The third-order valence-electron chi connectivity index (χ3n) is 5.52. The monoisotopic (exact) mass is 397 g/mol. The first-order valence-corrected chi connectivity index (χ1v) is 10.1. The van der Waals surface area contributed by atoms with Crippen molar-refractivity contribution in [3.63, 3.8) is 0 Å². The molecule has 1 N–H and O–H groups in total. The van der Waals surface area contributed by atoms with Crippen molar-refractivity contribution in [3.8, 4) is 5.75 Å². The molecule has 29 heavy (non-hydrogen) atoms. The van der Waals surface area contributed by atoms with Gasteiger partial charge in [0.05, 0.1) is 12.8 Å². The molecule has 2 aromatic rings. The summed E-state index contributed by atoms with van der Waals surface area (Å²) in [6.07, 6.45) is 1.52. The summed E-state index contributed by atoms with van der Waals surface area (Å²) in [4.78, 5) is 16.9. The molecule has 2 fully saturated rings. The van der Waals surface area contributed by atoms with Crippen LogP contribution in [-0.2, 0) is 9.53 Å². The summed E-state index contributed by atoms with van der Waals surface area (Å²) in [5, 5.41) is 11.4. The van der Waals surface area contributed by atoms with E-state index in [2.05, 4.69) is 31.4 Å². The third-order valence-corrected chi connectivity index (χ3v) is 5.52. The summed E-state index contributed by atoms with van der Waals surface area (Å²) < 4.78 is 10.8. The fourth-order valence-electron chi connectivity index (χ4n) is 3.82. The van der Waals surface area contributed by atoms with Crippen molar-refractivity contribution in [3.05, 3.63) is 36.4 Å². The summed E-state index contributed by atoms with van der Waals surface area (Å²) in [7, 11) is 1.70. The van der Waals surface area contributed by atoms with Crippen LogP contribution < -0.4 is 19.9 Å². The molecule has 0 spiro atoms. The van der Waals surface area contributed by atoms with Gasteiger partial charge in [0.25, 0.3) is 0 Å². The predicted molar refractivity (Wildman–Crippen MR) is 112 cm³/mol. The number of aromatic nitrogens is 2.